The van der Waals surface area contributed by atoms with Gasteiger partial charge in [0.25, 0.3) is 0 Å². The van der Waals surface area contributed by atoms with Crippen molar-refractivity contribution in [2.45, 2.75) is 11.4 Å². The first-order valence-corrected chi connectivity index (χ1v) is 7.77. The largest absolute Gasteiger partial charge is 0.497 e. The molecule has 6 nitrogen and oxygen atoms in total. The van der Waals surface area contributed by atoms with Crippen molar-refractivity contribution >= 4 is 10.0 Å². The van der Waals surface area contributed by atoms with Gasteiger partial charge in [-0.25, -0.2) is 13.1 Å². The van der Waals surface area contributed by atoms with E-state index in [1.807, 2.05) is 30.1 Å². The number of methoxy groups -OCH3 is 2. The van der Waals surface area contributed by atoms with Crippen molar-refractivity contribution in [3.63, 3.8) is 0 Å². The van der Waals surface area contributed by atoms with Crippen LogP contribution in [0.2, 0.25) is 0 Å². The zero-order valence-electron chi connectivity index (χ0n) is 12.2. The van der Waals surface area contributed by atoms with Gasteiger partial charge in [0.2, 0.25) is 10.0 Å². The number of aryl methyl sites for hydroxylation is 1. The van der Waals surface area contributed by atoms with Crippen LogP contribution in [0.4, 0.5) is 0 Å². The summed E-state index contributed by atoms with van der Waals surface area (Å²) in [6.07, 6.45) is 3.71. The summed E-state index contributed by atoms with van der Waals surface area (Å²) in [5.74, 6) is 0.729. The van der Waals surface area contributed by atoms with Crippen molar-refractivity contribution in [1.82, 2.24) is 9.29 Å². The highest BCUT2D eigenvalue weighted by Gasteiger charge is 2.20. The van der Waals surface area contributed by atoms with E-state index in [9.17, 15) is 8.42 Å². The molecular weight excluding hydrogens is 292 g/mol. The monoisotopic (exact) mass is 310 g/mol. The maximum absolute atomic E-state index is 12.4. The molecule has 1 heterocycles. The molecule has 0 spiro atoms. The molecule has 0 aliphatic carbocycles. The molecule has 1 N–H and O–H groups in total. The normalized spacial score (nSPS) is 11.4. The lowest BCUT2D eigenvalue weighted by Gasteiger charge is -2.11. The van der Waals surface area contributed by atoms with Crippen molar-refractivity contribution < 1.29 is 17.9 Å². The Morgan fingerprint density at radius 1 is 1.19 bits per heavy atom. The van der Waals surface area contributed by atoms with Crippen LogP contribution < -0.4 is 14.2 Å². The topological polar surface area (TPSA) is 69.6 Å². The molecule has 0 atom stereocenters. The molecule has 2 rings (SSSR count). The van der Waals surface area contributed by atoms with Gasteiger partial charge in [-0.05, 0) is 23.8 Å². The van der Waals surface area contributed by atoms with Crippen molar-refractivity contribution in [3.05, 3.63) is 42.2 Å². The van der Waals surface area contributed by atoms with Gasteiger partial charge in [-0.15, -0.1) is 0 Å². The first kappa shape index (κ1) is 15.4. The molecule has 0 fully saturated rings. The number of sulfonamides is 1. The Hall–Kier alpha value is -1.99. The summed E-state index contributed by atoms with van der Waals surface area (Å²) in [4.78, 5) is 0.0558. The molecule has 0 amide bonds. The van der Waals surface area contributed by atoms with Gasteiger partial charge in [-0.1, -0.05) is 0 Å². The third-order valence-corrected chi connectivity index (χ3v) is 4.44. The first-order valence-electron chi connectivity index (χ1n) is 6.29. The highest BCUT2D eigenvalue weighted by Crippen LogP contribution is 2.28. The Morgan fingerprint density at radius 2 is 1.95 bits per heavy atom. The predicted molar refractivity (Wildman–Crippen MR) is 79.0 cm³/mol. The van der Waals surface area contributed by atoms with Gasteiger partial charge in [-0.2, -0.15) is 0 Å². The number of nitrogens with zero attached hydrogens (tertiary/aromatic N) is 1. The molecule has 0 aliphatic heterocycles. The van der Waals surface area contributed by atoms with Crippen LogP contribution in [0.15, 0.2) is 41.6 Å². The number of ether oxygens (including phenoxy) is 2. The summed E-state index contributed by atoms with van der Waals surface area (Å²) < 4.78 is 39.4. The molecule has 1 aromatic heterocycles. The van der Waals surface area contributed by atoms with E-state index >= 15 is 0 Å². The first-order chi connectivity index (χ1) is 9.96. The van der Waals surface area contributed by atoms with Crippen molar-refractivity contribution in [2.75, 3.05) is 14.2 Å². The quantitative estimate of drug-likeness (QED) is 0.878. The fraction of sp³-hybridized carbons (Fsp3) is 0.286. The highest BCUT2D eigenvalue weighted by atomic mass is 32.2. The Bertz CT molecular complexity index is 722. The lowest BCUT2D eigenvalue weighted by Crippen LogP contribution is -2.23. The van der Waals surface area contributed by atoms with Crippen LogP contribution in [0.1, 0.15) is 5.56 Å². The predicted octanol–water partition coefficient (Wildman–Crippen LogP) is 1.52. The van der Waals surface area contributed by atoms with Gasteiger partial charge in [-0.3, -0.25) is 0 Å². The summed E-state index contributed by atoms with van der Waals surface area (Å²) in [5, 5.41) is 0. The van der Waals surface area contributed by atoms with Crippen molar-refractivity contribution in [1.29, 1.82) is 0 Å². The van der Waals surface area contributed by atoms with E-state index in [0.29, 0.717) is 5.75 Å². The zero-order valence-corrected chi connectivity index (χ0v) is 13.0. The minimum atomic E-state index is -3.69. The van der Waals surface area contributed by atoms with E-state index in [-0.39, 0.29) is 17.2 Å². The maximum Gasteiger partial charge on any atom is 0.244 e. The van der Waals surface area contributed by atoms with Gasteiger partial charge >= 0.3 is 0 Å². The van der Waals surface area contributed by atoms with Crippen molar-refractivity contribution in [3.8, 4) is 11.5 Å². The van der Waals surface area contributed by atoms with Crippen LogP contribution in [-0.4, -0.2) is 27.2 Å². The summed E-state index contributed by atoms with van der Waals surface area (Å²) >= 11 is 0. The molecule has 0 bridgehead atoms. The second-order valence-corrected chi connectivity index (χ2v) is 6.26. The summed E-state index contributed by atoms with van der Waals surface area (Å²) in [5.41, 5.74) is 0.878. The van der Waals surface area contributed by atoms with Gasteiger partial charge in [0.15, 0.2) is 0 Å². The summed E-state index contributed by atoms with van der Waals surface area (Å²) in [6.45, 7) is 0.212. The SMILES string of the molecule is COc1ccc(OC)c(S(=O)(=O)NCc2ccn(C)c2)c1. The summed E-state index contributed by atoms with van der Waals surface area (Å²) in [6, 6.07) is 6.50. The van der Waals surface area contributed by atoms with Gasteiger partial charge in [0, 0.05) is 32.1 Å². The van der Waals surface area contributed by atoms with E-state index in [4.69, 9.17) is 9.47 Å². The second-order valence-electron chi connectivity index (χ2n) is 4.53. The molecule has 7 heteroatoms. The fourth-order valence-electron chi connectivity index (χ4n) is 1.92. The highest BCUT2D eigenvalue weighted by molar-refractivity contribution is 7.89. The molecule has 0 saturated carbocycles. The van der Waals surface area contributed by atoms with E-state index in [2.05, 4.69) is 4.72 Å². The molecule has 0 unspecified atom stereocenters. The van der Waals surface area contributed by atoms with E-state index in [1.54, 1.807) is 12.1 Å². The van der Waals surface area contributed by atoms with E-state index in [0.717, 1.165) is 5.56 Å². The van der Waals surface area contributed by atoms with Crippen LogP contribution in [0.3, 0.4) is 0 Å². The zero-order chi connectivity index (χ0) is 15.5. The minimum absolute atomic E-state index is 0.0558. The third kappa shape index (κ3) is 3.56. The number of aromatic nitrogens is 1. The van der Waals surface area contributed by atoms with Gasteiger partial charge < -0.3 is 14.0 Å². The lowest BCUT2D eigenvalue weighted by molar-refractivity contribution is 0.392. The average Bonchev–Trinajstić information content (AvgIpc) is 2.90. The molecule has 21 heavy (non-hydrogen) atoms. The Balaban J connectivity index is 2.26. The number of hydrogen-bond acceptors (Lipinski definition) is 4. The van der Waals surface area contributed by atoms with Crippen LogP contribution in [0, 0.1) is 0 Å². The molecule has 0 saturated heterocycles. The van der Waals surface area contributed by atoms with Crippen molar-refractivity contribution in [2.24, 2.45) is 7.05 Å². The molecule has 0 radical (unpaired) electrons. The van der Waals surface area contributed by atoms with Crippen LogP contribution in [0.5, 0.6) is 11.5 Å². The number of nitrogens with one attached hydrogen (secondary N) is 1. The number of benzene rings is 1. The number of hydrogen-bond donors (Lipinski definition) is 1. The summed E-state index contributed by atoms with van der Waals surface area (Å²) in [7, 11) is 1.10. The van der Waals surface area contributed by atoms with Crippen LogP contribution in [0.25, 0.3) is 0 Å². The maximum atomic E-state index is 12.4. The lowest BCUT2D eigenvalue weighted by atomic mass is 10.3. The van der Waals surface area contributed by atoms with E-state index < -0.39 is 10.0 Å². The molecule has 114 valence electrons. The second kappa shape index (κ2) is 6.19. The average molecular weight is 310 g/mol. The smallest absolute Gasteiger partial charge is 0.244 e. The van der Waals surface area contributed by atoms with Crippen LogP contribution in [-0.2, 0) is 23.6 Å². The standard InChI is InChI=1S/C14H18N2O4S/c1-16-7-6-11(10-16)9-15-21(17,18)14-8-12(19-2)4-5-13(14)20-3/h4-8,10,15H,9H2,1-3H3. The molecular formula is C14H18N2O4S. The molecule has 2 aromatic rings. The van der Waals surface area contributed by atoms with E-state index in [1.165, 1.54) is 20.3 Å². The number of rotatable bonds is 6. The Kier molecular flexibility index (Phi) is 4.54. The fourth-order valence-corrected chi connectivity index (χ4v) is 3.12. The Labute approximate surface area is 124 Å². The minimum Gasteiger partial charge on any atom is -0.497 e. The Morgan fingerprint density at radius 3 is 2.52 bits per heavy atom. The van der Waals surface area contributed by atoms with Gasteiger partial charge in [0.1, 0.15) is 16.4 Å². The molecule has 0 aliphatic rings. The van der Waals surface area contributed by atoms with Crippen LogP contribution >= 0.6 is 0 Å². The van der Waals surface area contributed by atoms with Gasteiger partial charge in [0.05, 0.1) is 14.2 Å². The molecule has 1 aromatic carbocycles. The third-order valence-electron chi connectivity index (χ3n) is 3.02.